The molecule has 96 valence electrons. The zero-order valence-electron chi connectivity index (χ0n) is 10.2. The van der Waals surface area contributed by atoms with Crippen molar-refractivity contribution >= 4 is 6.09 Å². The second-order valence-corrected chi connectivity index (χ2v) is 4.47. The van der Waals surface area contributed by atoms with Gasteiger partial charge >= 0.3 is 6.09 Å². The van der Waals surface area contributed by atoms with Crippen molar-refractivity contribution in [1.29, 1.82) is 0 Å². The quantitative estimate of drug-likeness (QED) is 0.547. The fraction of sp³-hybridized carbons (Fsp3) is 0.133. The summed E-state index contributed by atoms with van der Waals surface area (Å²) < 4.78 is 4.90. The van der Waals surface area contributed by atoms with E-state index in [0.29, 0.717) is 0 Å². The lowest BCUT2D eigenvalue weighted by atomic mass is 10.0. The third kappa shape index (κ3) is 2.06. The Morgan fingerprint density at radius 3 is 2.79 bits per heavy atom. The number of benzene rings is 2. The maximum Gasteiger partial charge on any atom is 0.431 e. The Morgan fingerprint density at radius 2 is 1.95 bits per heavy atom. The highest BCUT2D eigenvalue weighted by molar-refractivity contribution is 5.77. The molecule has 3 rings (SSSR count). The van der Waals surface area contributed by atoms with Gasteiger partial charge in [0.1, 0.15) is 6.61 Å². The summed E-state index contributed by atoms with van der Waals surface area (Å²) in [6.07, 6.45) is 0.0133. The smallest absolute Gasteiger partial charge is 0.431 e. The highest BCUT2D eigenvalue weighted by Crippen LogP contribution is 2.38. The molecule has 0 atom stereocenters. The lowest BCUT2D eigenvalue weighted by Crippen LogP contribution is -2.19. The van der Waals surface area contributed by atoms with Crippen molar-refractivity contribution in [3.05, 3.63) is 59.2 Å². The van der Waals surface area contributed by atoms with E-state index in [9.17, 15) is 4.79 Å². The van der Waals surface area contributed by atoms with Gasteiger partial charge in [-0.2, -0.15) is 0 Å². The summed E-state index contributed by atoms with van der Waals surface area (Å²) in [5, 5.41) is 8.42. The molecule has 1 aliphatic rings. The number of hydroxylamine groups is 1. The largest absolute Gasteiger partial charge is 0.443 e. The minimum atomic E-state index is -0.840. The normalized spacial score (nSPS) is 11.6. The Labute approximate surface area is 110 Å². The molecule has 4 heteroatoms. The molecule has 1 aliphatic carbocycles. The summed E-state index contributed by atoms with van der Waals surface area (Å²) in [7, 11) is 0. The van der Waals surface area contributed by atoms with E-state index in [1.165, 1.54) is 27.7 Å². The maximum absolute atomic E-state index is 10.9. The van der Waals surface area contributed by atoms with Crippen molar-refractivity contribution in [2.75, 3.05) is 0 Å². The number of hydrogen-bond acceptors (Lipinski definition) is 3. The van der Waals surface area contributed by atoms with Gasteiger partial charge in [-0.15, -0.1) is 0 Å². The first-order valence-electron chi connectivity index (χ1n) is 6.05. The average molecular weight is 255 g/mol. The third-order valence-corrected chi connectivity index (χ3v) is 3.40. The van der Waals surface area contributed by atoms with E-state index >= 15 is 0 Å². The fourth-order valence-corrected chi connectivity index (χ4v) is 2.53. The van der Waals surface area contributed by atoms with E-state index in [4.69, 9.17) is 9.94 Å². The Kier molecular flexibility index (Phi) is 2.93. The molecule has 0 saturated heterocycles. The molecule has 0 bridgehead atoms. The van der Waals surface area contributed by atoms with Gasteiger partial charge in [0.2, 0.25) is 0 Å². The monoisotopic (exact) mass is 255 g/mol. The number of fused-ring (bicyclic) bond motifs is 3. The number of carbonyl (C=O) groups is 1. The van der Waals surface area contributed by atoms with Gasteiger partial charge in [-0.05, 0) is 34.2 Å². The number of nitrogens with one attached hydrogen (secondary N) is 1. The van der Waals surface area contributed by atoms with Crippen LogP contribution in [0.15, 0.2) is 42.5 Å². The molecule has 0 heterocycles. The molecule has 0 radical (unpaired) electrons. The van der Waals surface area contributed by atoms with Crippen LogP contribution in [0.4, 0.5) is 4.79 Å². The summed E-state index contributed by atoms with van der Waals surface area (Å²) in [5.41, 5.74) is 7.34. The topological polar surface area (TPSA) is 58.6 Å². The van der Waals surface area contributed by atoms with E-state index < -0.39 is 6.09 Å². The molecule has 0 unspecified atom stereocenters. The summed E-state index contributed by atoms with van der Waals surface area (Å²) in [4.78, 5) is 10.9. The highest BCUT2D eigenvalue weighted by Gasteiger charge is 2.20. The second-order valence-electron chi connectivity index (χ2n) is 4.47. The van der Waals surface area contributed by atoms with Crippen LogP contribution >= 0.6 is 0 Å². The van der Waals surface area contributed by atoms with Crippen LogP contribution in [0.1, 0.15) is 16.7 Å². The Bertz CT molecular complexity index is 637. The predicted octanol–water partition coefficient (Wildman–Crippen LogP) is 2.87. The second kappa shape index (κ2) is 4.74. The molecule has 1 amide bonds. The standard InChI is InChI=1S/C15H13NO3/c17-15(16-18)19-9-11-5-3-7-13-12-6-2-1-4-10(12)8-14(11)13/h1-7,18H,8-9H2,(H,16,17). The van der Waals surface area contributed by atoms with Crippen LogP contribution in [0.2, 0.25) is 0 Å². The Hall–Kier alpha value is -2.33. The van der Waals surface area contributed by atoms with Crippen molar-refractivity contribution in [3.63, 3.8) is 0 Å². The number of amides is 1. The molecule has 4 nitrogen and oxygen atoms in total. The van der Waals surface area contributed by atoms with Crippen LogP contribution in [0.3, 0.4) is 0 Å². The lowest BCUT2D eigenvalue weighted by Gasteiger charge is -2.08. The first kappa shape index (κ1) is 11.7. The van der Waals surface area contributed by atoms with Crippen LogP contribution in [-0.2, 0) is 17.8 Å². The minimum absolute atomic E-state index is 0.156. The molecule has 0 aromatic heterocycles. The molecule has 0 spiro atoms. The van der Waals surface area contributed by atoms with Crippen LogP contribution in [0.5, 0.6) is 0 Å². The molecule has 19 heavy (non-hydrogen) atoms. The van der Waals surface area contributed by atoms with Gasteiger partial charge in [0.25, 0.3) is 0 Å². The average Bonchev–Trinajstić information content (AvgIpc) is 2.84. The van der Waals surface area contributed by atoms with Crippen molar-refractivity contribution in [1.82, 2.24) is 5.48 Å². The van der Waals surface area contributed by atoms with Crippen LogP contribution in [0.25, 0.3) is 11.1 Å². The summed E-state index contributed by atoms with van der Waals surface area (Å²) in [6, 6.07) is 14.2. The summed E-state index contributed by atoms with van der Waals surface area (Å²) in [6.45, 7) is 0.156. The van der Waals surface area contributed by atoms with E-state index in [1.807, 2.05) is 24.3 Å². The molecule has 0 aliphatic heterocycles. The van der Waals surface area contributed by atoms with Gasteiger partial charge in [0.15, 0.2) is 0 Å². The molecule has 2 aromatic rings. The zero-order valence-corrected chi connectivity index (χ0v) is 10.2. The highest BCUT2D eigenvalue weighted by atomic mass is 16.6. The Balaban J connectivity index is 1.92. The van der Waals surface area contributed by atoms with Crippen molar-refractivity contribution in [3.8, 4) is 11.1 Å². The van der Waals surface area contributed by atoms with Gasteiger partial charge in [-0.25, -0.2) is 10.3 Å². The van der Waals surface area contributed by atoms with Crippen molar-refractivity contribution in [2.45, 2.75) is 13.0 Å². The third-order valence-electron chi connectivity index (χ3n) is 3.40. The van der Waals surface area contributed by atoms with E-state index in [2.05, 4.69) is 18.2 Å². The number of hydrogen-bond donors (Lipinski definition) is 2. The summed E-state index contributed by atoms with van der Waals surface area (Å²) in [5.74, 6) is 0. The van der Waals surface area contributed by atoms with Crippen molar-refractivity contribution < 1.29 is 14.7 Å². The fourth-order valence-electron chi connectivity index (χ4n) is 2.53. The predicted molar refractivity (Wildman–Crippen MR) is 69.8 cm³/mol. The van der Waals surface area contributed by atoms with Crippen molar-refractivity contribution in [2.24, 2.45) is 0 Å². The van der Waals surface area contributed by atoms with Gasteiger partial charge in [0.05, 0.1) is 0 Å². The first-order valence-corrected chi connectivity index (χ1v) is 6.05. The Morgan fingerprint density at radius 1 is 1.16 bits per heavy atom. The van der Waals surface area contributed by atoms with E-state index in [0.717, 1.165) is 12.0 Å². The van der Waals surface area contributed by atoms with E-state index in [-0.39, 0.29) is 6.61 Å². The van der Waals surface area contributed by atoms with Gasteiger partial charge < -0.3 is 4.74 Å². The molecular weight excluding hydrogens is 242 g/mol. The van der Waals surface area contributed by atoms with Gasteiger partial charge in [-0.1, -0.05) is 42.5 Å². The molecular formula is C15H13NO3. The molecule has 0 saturated carbocycles. The van der Waals surface area contributed by atoms with Crippen LogP contribution in [0, 0.1) is 0 Å². The number of carbonyl (C=O) groups excluding carboxylic acids is 1. The zero-order chi connectivity index (χ0) is 13.2. The SMILES string of the molecule is O=C(NO)OCc1cccc2c1Cc1ccccc1-2. The molecule has 2 N–H and O–H groups in total. The first-order chi connectivity index (χ1) is 9.29. The minimum Gasteiger partial charge on any atom is -0.443 e. The van der Waals surface area contributed by atoms with Gasteiger partial charge in [0, 0.05) is 0 Å². The van der Waals surface area contributed by atoms with Crippen LogP contribution in [-0.4, -0.2) is 11.3 Å². The summed E-state index contributed by atoms with van der Waals surface area (Å²) >= 11 is 0. The van der Waals surface area contributed by atoms with Gasteiger partial charge in [-0.3, -0.25) is 5.21 Å². The van der Waals surface area contributed by atoms with Crippen LogP contribution < -0.4 is 5.48 Å². The lowest BCUT2D eigenvalue weighted by molar-refractivity contribution is 0.0841. The molecule has 2 aromatic carbocycles. The number of rotatable bonds is 2. The number of ether oxygens (including phenoxy) is 1. The maximum atomic E-state index is 10.9. The van der Waals surface area contributed by atoms with E-state index in [1.54, 1.807) is 0 Å². The molecule has 0 fully saturated rings.